The van der Waals surface area contributed by atoms with Gasteiger partial charge in [-0.05, 0) is 37.3 Å². The lowest BCUT2D eigenvalue weighted by molar-refractivity contribution is 0.321. The van der Waals surface area contributed by atoms with Gasteiger partial charge in [-0.25, -0.2) is 0 Å². The van der Waals surface area contributed by atoms with Crippen LogP contribution >= 0.6 is 11.8 Å². The first-order valence-corrected chi connectivity index (χ1v) is 5.24. The number of hydrogen-bond acceptors (Lipinski definition) is 3. The Morgan fingerprint density at radius 3 is 2.62 bits per heavy atom. The summed E-state index contributed by atoms with van der Waals surface area (Å²) in [6, 6.07) is 4.17. The van der Waals surface area contributed by atoms with Crippen LogP contribution in [0, 0.1) is 13.8 Å². The maximum absolute atomic E-state index is 8.49. The van der Waals surface area contributed by atoms with Crippen molar-refractivity contribution >= 4 is 18.0 Å². The summed E-state index contributed by atoms with van der Waals surface area (Å²) < 4.78 is 0. The molecule has 1 N–H and O–H groups in total. The van der Waals surface area contributed by atoms with Gasteiger partial charge in [-0.1, -0.05) is 11.2 Å². The lowest BCUT2D eigenvalue weighted by atomic mass is 10.1. The Bertz CT molecular complexity index is 334. The highest BCUT2D eigenvalue weighted by atomic mass is 32.2. The molecule has 0 unspecified atom stereocenters. The molecule has 0 saturated carbocycles. The van der Waals surface area contributed by atoms with E-state index in [9.17, 15) is 0 Å². The van der Waals surface area contributed by atoms with E-state index in [4.69, 9.17) is 5.21 Å². The first-order chi connectivity index (χ1) is 6.19. The molecule has 13 heavy (non-hydrogen) atoms. The maximum Gasteiger partial charge on any atom is 0.0747 e. The van der Waals surface area contributed by atoms with Gasteiger partial charge >= 0.3 is 0 Å². The van der Waals surface area contributed by atoms with Gasteiger partial charge in [0.25, 0.3) is 0 Å². The van der Waals surface area contributed by atoms with E-state index in [-0.39, 0.29) is 0 Å². The van der Waals surface area contributed by atoms with Crippen molar-refractivity contribution in [1.82, 2.24) is 0 Å². The number of thioether (sulfide) groups is 1. The van der Waals surface area contributed by atoms with Gasteiger partial charge in [0, 0.05) is 10.5 Å². The quantitative estimate of drug-likeness (QED) is 0.340. The van der Waals surface area contributed by atoms with Crippen molar-refractivity contribution in [2.45, 2.75) is 18.7 Å². The third-order valence-corrected chi connectivity index (χ3v) is 2.68. The van der Waals surface area contributed by atoms with Crippen LogP contribution in [0.15, 0.2) is 22.2 Å². The highest BCUT2D eigenvalue weighted by Crippen LogP contribution is 2.23. The number of oxime groups is 1. The number of hydrogen-bond donors (Lipinski definition) is 1. The Kier molecular flexibility index (Phi) is 3.37. The minimum atomic E-state index is 1.00. The molecule has 0 aliphatic carbocycles. The third-order valence-electron chi connectivity index (χ3n) is 1.90. The molecule has 0 spiro atoms. The fourth-order valence-electron chi connectivity index (χ4n) is 1.33. The first kappa shape index (κ1) is 10.1. The van der Waals surface area contributed by atoms with E-state index in [0.29, 0.717) is 0 Å². The molecule has 0 bridgehead atoms. The Morgan fingerprint density at radius 2 is 2.08 bits per heavy atom. The fraction of sp³-hybridized carbons (Fsp3) is 0.300. The molecule has 0 aromatic heterocycles. The van der Waals surface area contributed by atoms with Crippen LogP contribution in [0.5, 0.6) is 0 Å². The summed E-state index contributed by atoms with van der Waals surface area (Å²) in [5.41, 5.74) is 3.37. The molecule has 0 heterocycles. The Balaban J connectivity index is 3.29. The average Bonchev–Trinajstić information content (AvgIpc) is 2.09. The largest absolute Gasteiger partial charge is 0.411 e. The predicted molar refractivity (Wildman–Crippen MR) is 57.1 cm³/mol. The molecule has 1 aromatic carbocycles. The molecule has 0 aliphatic heterocycles. The second kappa shape index (κ2) is 4.33. The number of benzene rings is 1. The fourth-order valence-corrected chi connectivity index (χ4v) is 2.07. The molecular formula is C10H13NOS. The minimum Gasteiger partial charge on any atom is -0.411 e. The molecule has 0 amide bonds. The molecule has 1 rings (SSSR count). The molecule has 70 valence electrons. The van der Waals surface area contributed by atoms with Gasteiger partial charge in [-0.2, -0.15) is 0 Å². The van der Waals surface area contributed by atoms with Crippen molar-refractivity contribution in [2.75, 3.05) is 6.26 Å². The van der Waals surface area contributed by atoms with Gasteiger partial charge in [0.15, 0.2) is 0 Å². The lowest BCUT2D eigenvalue weighted by Crippen LogP contribution is -1.92. The van der Waals surface area contributed by atoms with Gasteiger partial charge in [0.05, 0.1) is 6.21 Å². The summed E-state index contributed by atoms with van der Waals surface area (Å²) >= 11 is 1.66. The van der Waals surface area contributed by atoms with Gasteiger partial charge in [0.1, 0.15) is 0 Å². The normalized spacial score (nSPS) is 11.0. The Hall–Kier alpha value is -0.960. The maximum atomic E-state index is 8.49. The van der Waals surface area contributed by atoms with Crippen molar-refractivity contribution in [1.29, 1.82) is 0 Å². The summed E-state index contributed by atoms with van der Waals surface area (Å²) in [5, 5.41) is 11.6. The number of aryl methyl sites for hydroxylation is 2. The van der Waals surface area contributed by atoms with Crippen molar-refractivity contribution in [3.63, 3.8) is 0 Å². The van der Waals surface area contributed by atoms with Crippen LogP contribution in [0.3, 0.4) is 0 Å². The van der Waals surface area contributed by atoms with Crippen molar-refractivity contribution in [2.24, 2.45) is 5.16 Å². The zero-order valence-electron chi connectivity index (χ0n) is 8.03. The van der Waals surface area contributed by atoms with Crippen molar-refractivity contribution < 1.29 is 5.21 Å². The molecular weight excluding hydrogens is 182 g/mol. The molecule has 0 aliphatic rings. The molecule has 3 heteroatoms. The Labute approximate surface area is 82.7 Å². The van der Waals surface area contributed by atoms with Crippen LogP contribution in [-0.4, -0.2) is 17.7 Å². The van der Waals surface area contributed by atoms with Gasteiger partial charge in [-0.3, -0.25) is 0 Å². The minimum absolute atomic E-state index is 1.00. The van der Waals surface area contributed by atoms with Gasteiger partial charge < -0.3 is 5.21 Å². The monoisotopic (exact) mass is 195 g/mol. The van der Waals surface area contributed by atoms with Crippen LogP contribution in [0.4, 0.5) is 0 Å². The first-order valence-electron chi connectivity index (χ1n) is 4.01. The molecule has 0 fully saturated rings. The van der Waals surface area contributed by atoms with E-state index in [2.05, 4.69) is 24.2 Å². The lowest BCUT2D eigenvalue weighted by Gasteiger charge is -2.07. The Morgan fingerprint density at radius 1 is 1.38 bits per heavy atom. The van der Waals surface area contributed by atoms with E-state index in [1.807, 2.05) is 13.2 Å². The summed E-state index contributed by atoms with van der Waals surface area (Å²) in [7, 11) is 0. The topological polar surface area (TPSA) is 32.6 Å². The van der Waals surface area contributed by atoms with Crippen LogP contribution in [0.2, 0.25) is 0 Å². The van der Waals surface area contributed by atoms with Crippen LogP contribution in [0.25, 0.3) is 0 Å². The predicted octanol–water partition coefficient (Wildman–Crippen LogP) is 2.83. The summed E-state index contributed by atoms with van der Waals surface area (Å²) in [6.45, 7) is 4.08. The molecule has 0 radical (unpaired) electrons. The van der Waals surface area contributed by atoms with E-state index in [1.54, 1.807) is 11.8 Å². The number of nitrogens with zero attached hydrogens (tertiary/aromatic N) is 1. The van der Waals surface area contributed by atoms with Crippen LogP contribution < -0.4 is 0 Å². The summed E-state index contributed by atoms with van der Waals surface area (Å²) in [4.78, 5) is 1.15. The molecule has 1 aromatic rings. The van der Waals surface area contributed by atoms with E-state index in [0.717, 1.165) is 16.0 Å². The average molecular weight is 195 g/mol. The molecule has 0 saturated heterocycles. The highest BCUT2D eigenvalue weighted by molar-refractivity contribution is 7.98. The van der Waals surface area contributed by atoms with Crippen LogP contribution in [0.1, 0.15) is 16.7 Å². The summed E-state index contributed by atoms with van der Waals surface area (Å²) in [5.74, 6) is 0. The zero-order valence-corrected chi connectivity index (χ0v) is 8.85. The smallest absolute Gasteiger partial charge is 0.0747 e. The third kappa shape index (κ3) is 2.25. The van der Waals surface area contributed by atoms with Gasteiger partial charge in [-0.15, -0.1) is 11.8 Å². The highest BCUT2D eigenvalue weighted by Gasteiger charge is 2.03. The number of rotatable bonds is 2. The van der Waals surface area contributed by atoms with Crippen molar-refractivity contribution in [3.8, 4) is 0 Å². The standard InChI is InChI=1S/C10H13NOS/c1-7-4-8(2)9(6-11-12)10(5-7)13-3/h4-6,12H,1-3H3/b11-6+. The van der Waals surface area contributed by atoms with Gasteiger partial charge in [0.2, 0.25) is 0 Å². The van der Waals surface area contributed by atoms with E-state index >= 15 is 0 Å². The van der Waals surface area contributed by atoms with Crippen molar-refractivity contribution in [3.05, 3.63) is 28.8 Å². The van der Waals surface area contributed by atoms with E-state index in [1.165, 1.54) is 11.8 Å². The SMILES string of the molecule is CSc1cc(C)cc(C)c1/C=N/O. The molecule has 2 nitrogen and oxygen atoms in total. The van der Waals surface area contributed by atoms with E-state index < -0.39 is 0 Å². The zero-order chi connectivity index (χ0) is 9.84. The second-order valence-electron chi connectivity index (χ2n) is 2.94. The second-order valence-corrected chi connectivity index (χ2v) is 3.79. The summed E-state index contributed by atoms with van der Waals surface area (Å²) in [6.07, 6.45) is 3.50. The van der Waals surface area contributed by atoms with Crippen LogP contribution in [-0.2, 0) is 0 Å². The molecule has 0 atom stereocenters.